The van der Waals surface area contributed by atoms with Crippen molar-refractivity contribution in [1.82, 2.24) is 9.46 Å². The SMILES string of the molecule is Cc1cc(NC(=O)CN(Cc2ccccc2)S(=O)(=O)c2cccc(Cl)c2)no1. The van der Waals surface area contributed by atoms with E-state index in [-0.39, 0.29) is 17.3 Å². The topological polar surface area (TPSA) is 92.5 Å². The molecule has 1 aromatic heterocycles. The lowest BCUT2D eigenvalue weighted by molar-refractivity contribution is -0.116. The molecule has 0 aliphatic rings. The number of halogens is 1. The van der Waals surface area contributed by atoms with Gasteiger partial charge >= 0.3 is 0 Å². The van der Waals surface area contributed by atoms with Crippen LogP contribution < -0.4 is 5.32 Å². The van der Waals surface area contributed by atoms with Crippen molar-refractivity contribution in [2.45, 2.75) is 18.4 Å². The highest BCUT2D eigenvalue weighted by Gasteiger charge is 2.27. The Balaban J connectivity index is 1.87. The second-order valence-electron chi connectivity index (χ2n) is 6.09. The van der Waals surface area contributed by atoms with Gasteiger partial charge in [0.1, 0.15) is 5.76 Å². The highest BCUT2D eigenvalue weighted by atomic mass is 35.5. The Kier molecular flexibility index (Phi) is 6.13. The molecule has 1 amide bonds. The third-order valence-electron chi connectivity index (χ3n) is 3.85. The number of hydrogen-bond donors (Lipinski definition) is 1. The highest BCUT2D eigenvalue weighted by molar-refractivity contribution is 7.89. The number of amides is 1. The summed E-state index contributed by atoms with van der Waals surface area (Å²) in [6.07, 6.45) is 0. The van der Waals surface area contributed by atoms with Crippen LogP contribution in [0.3, 0.4) is 0 Å². The number of nitrogens with one attached hydrogen (secondary N) is 1. The van der Waals surface area contributed by atoms with Crippen LogP contribution >= 0.6 is 11.6 Å². The summed E-state index contributed by atoms with van der Waals surface area (Å²) in [7, 11) is -3.96. The fourth-order valence-electron chi connectivity index (χ4n) is 2.56. The Labute approximate surface area is 168 Å². The smallest absolute Gasteiger partial charge is 0.243 e. The first-order valence-corrected chi connectivity index (χ1v) is 10.2. The van der Waals surface area contributed by atoms with Gasteiger partial charge in [-0.2, -0.15) is 4.31 Å². The predicted octanol–water partition coefficient (Wildman–Crippen LogP) is 3.47. The maximum atomic E-state index is 13.1. The summed E-state index contributed by atoms with van der Waals surface area (Å²) in [4.78, 5) is 12.5. The zero-order valence-electron chi connectivity index (χ0n) is 15.0. The van der Waals surface area contributed by atoms with Crippen molar-refractivity contribution < 1.29 is 17.7 Å². The molecule has 1 N–H and O–H groups in total. The molecule has 0 bridgehead atoms. The Bertz CT molecular complexity index is 1070. The molecule has 146 valence electrons. The molecule has 9 heteroatoms. The van der Waals surface area contributed by atoms with Crippen molar-refractivity contribution in [2.24, 2.45) is 0 Å². The summed E-state index contributed by atoms with van der Waals surface area (Å²) in [6, 6.07) is 16.5. The van der Waals surface area contributed by atoms with Gasteiger partial charge in [-0.05, 0) is 30.7 Å². The second kappa shape index (κ2) is 8.55. The number of nitrogens with zero attached hydrogens (tertiary/aromatic N) is 2. The summed E-state index contributed by atoms with van der Waals surface area (Å²) in [5.74, 6) is 0.222. The number of hydrogen-bond acceptors (Lipinski definition) is 5. The minimum atomic E-state index is -3.96. The van der Waals surface area contributed by atoms with Gasteiger partial charge in [0.2, 0.25) is 15.9 Å². The van der Waals surface area contributed by atoms with Gasteiger partial charge in [-0.25, -0.2) is 8.42 Å². The average molecular weight is 420 g/mol. The number of carbonyl (C=O) groups is 1. The number of carbonyl (C=O) groups excluding carboxylic acids is 1. The van der Waals surface area contributed by atoms with Crippen LogP contribution in [0.15, 0.2) is 70.1 Å². The minimum Gasteiger partial charge on any atom is -0.360 e. The first-order chi connectivity index (χ1) is 13.3. The van der Waals surface area contributed by atoms with E-state index in [9.17, 15) is 13.2 Å². The quantitative estimate of drug-likeness (QED) is 0.633. The van der Waals surface area contributed by atoms with Crippen molar-refractivity contribution >= 4 is 33.3 Å². The normalized spacial score (nSPS) is 11.5. The summed E-state index contributed by atoms with van der Waals surface area (Å²) in [6.45, 7) is 1.32. The molecule has 7 nitrogen and oxygen atoms in total. The third kappa shape index (κ3) is 4.98. The Hall–Kier alpha value is -2.68. The van der Waals surface area contributed by atoms with Crippen molar-refractivity contribution in [3.8, 4) is 0 Å². The average Bonchev–Trinajstić information content (AvgIpc) is 3.06. The van der Waals surface area contributed by atoms with Crippen molar-refractivity contribution in [1.29, 1.82) is 0 Å². The number of aromatic nitrogens is 1. The number of sulfonamides is 1. The molecule has 2 aromatic carbocycles. The Morgan fingerprint density at radius 2 is 1.89 bits per heavy atom. The number of benzene rings is 2. The van der Waals surface area contributed by atoms with Gasteiger partial charge in [0.25, 0.3) is 0 Å². The standard InChI is InChI=1S/C19H18ClN3O4S/c1-14-10-18(22-27-14)21-19(24)13-23(12-15-6-3-2-4-7-15)28(25,26)17-9-5-8-16(20)11-17/h2-11H,12-13H2,1H3,(H,21,22,24). The van der Waals surface area contributed by atoms with Crippen LogP contribution in [0.2, 0.25) is 5.02 Å². The number of rotatable bonds is 7. The molecule has 0 saturated carbocycles. The zero-order valence-corrected chi connectivity index (χ0v) is 16.6. The molecule has 0 saturated heterocycles. The molecule has 0 aliphatic carbocycles. The molecule has 0 spiro atoms. The molecule has 0 aliphatic heterocycles. The van der Waals surface area contributed by atoms with E-state index >= 15 is 0 Å². The van der Waals surface area contributed by atoms with E-state index in [2.05, 4.69) is 10.5 Å². The van der Waals surface area contributed by atoms with Gasteiger partial charge in [0.15, 0.2) is 5.82 Å². The van der Waals surface area contributed by atoms with Crippen LogP contribution in [-0.4, -0.2) is 30.3 Å². The molecular formula is C19H18ClN3O4S. The summed E-state index contributed by atoms with van der Waals surface area (Å²) >= 11 is 5.95. The maximum absolute atomic E-state index is 13.1. The van der Waals surface area contributed by atoms with E-state index in [4.69, 9.17) is 16.1 Å². The van der Waals surface area contributed by atoms with Crippen LogP contribution in [0.1, 0.15) is 11.3 Å². The zero-order chi connectivity index (χ0) is 20.1. The van der Waals surface area contributed by atoms with Crippen LogP contribution in [0.5, 0.6) is 0 Å². The fourth-order valence-corrected chi connectivity index (χ4v) is 4.24. The van der Waals surface area contributed by atoms with Crippen LogP contribution in [0, 0.1) is 6.92 Å². The van der Waals surface area contributed by atoms with E-state index in [0.29, 0.717) is 10.8 Å². The lowest BCUT2D eigenvalue weighted by atomic mass is 10.2. The fraction of sp³-hybridized carbons (Fsp3) is 0.158. The van der Waals surface area contributed by atoms with Crippen LogP contribution in [0.25, 0.3) is 0 Å². The molecular weight excluding hydrogens is 402 g/mol. The number of aryl methyl sites for hydroxylation is 1. The van der Waals surface area contributed by atoms with Gasteiger partial charge in [-0.3, -0.25) is 4.79 Å². The lowest BCUT2D eigenvalue weighted by Gasteiger charge is -2.22. The van der Waals surface area contributed by atoms with Gasteiger partial charge in [0.05, 0.1) is 11.4 Å². The van der Waals surface area contributed by atoms with E-state index < -0.39 is 22.5 Å². The predicted molar refractivity (Wildman–Crippen MR) is 105 cm³/mol. The van der Waals surface area contributed by atoms with Crippen molar-refractivity contribution in [2.75, 3.05) is 11.9 Å². The highest BCUT2D eigenvalue weighted by Crippen LogP contribution is 2.21. The molecule has 0 atom stereocenters. The molecule has 0 fully saturated rings. The molecule has 28 heavy (non-hydrogen) atoms. The van der Waals surface area contributed by atoms with Crippen LogP contribution in [0.4, 0.5) is 5.82 Å². The summed E-state index contributed by atoms with van der Waals surface area (Å²) < 4.78 is 32.3. The van der Waals surface area contributed by atoms with E-state index in [1.54, 1.807) is 49.4 Å². The Morgan fingerprint density at radius 1 is 1.14 bits per heavy atom. The molecule has 3 rings (SSSR count). The second-order valence-corrected chi connectivity index (χ2v) is 8.46. The third-order valence-corrected chi connectivity index (χ3v) is 5.87. The first-order valence-electron chi connectivity index (χ1n) is 8.37. The van der Waals surface area contributed by atoms with Gasteiger partial charge in [0, 0.05) is 17.6 Å². The van der Waals surface area contributed by atoms with Crippen molar-refractivity contribution in [3.05, 3.63) is 77.0 Å². The molecule has 0 radical (unpaired) electrons. The van der Waals surface area contributed by atoms with Crippen molar-refractivity contribution in [3.63, 3.8) is 0 Å². The van der Waals surface area contributed by atoms with E-state index in [0.717, 1.165) is 9.87 Å². The van der Waals surface area contributed by atoms with E-state index in [1.165, 1.54) is 12.1 Å². The van der Waals surface area contributed by atoms with E-state index in [1.807, 2.05) is 6.07 Å². The van der Waals surface area contributed by atoms with Gasteiger partial charge in [-0.1, -0.05) is 53.2 Å². The largest absolute Gasteiger partial charge is 0.360 e. The maximum Gasteiger partial charge on any atom is 0.243 e. The van der Waals surface area contributed by atoms with Gasteiger partial charge < -0.3 is 9.84 Å². The molecule has 1 heterocycles. The number of anilines is 1. The Morgan fingerprint density at radius 3 is 2.54 bits per heavy atom. The molecule has 0 unspecified atom stereocenters. The summed E-state index contributed by atoms with van der Waals surface area (Å²) in [5, 5.41) is 6.52. The lowest BCUT2D eigenvalue weighted by Crippen LogP contribution is -2.37. The van der Waals surface area contributed by atoms with Crippen LogP contribution in [-0.2, 0) is 21.4 Å². The van der Waals surface area contributed by atoms with Gasteiger partial charge in [-0.15, -0.1) is 0 Å². The molecule has 3 aromatic rings. The first kappa shape index (κ1) is 20.1. The summed E-state index contributed by atoms with van der Waals surface area (Å²) in [5.41, 5.74) is 0.748. The monoisotopic (exact) mass is 419 g/mol. The minimum absolute atomic E-state index is 0.0148.